The molecule has 0 saturated heterocycles. The van der Waals surface area contributed by atoms with Gasteiger partial charge in [-0.2, -0.15) is 5.26 Å². The molecule has 0 saturated carbocycles. The molecule has 3 aromatic rings. The molecular weight excluding hydrogens is 468 g/mol. The molecule has 0 bridgehead atoms. The fraction of sp³-hybridized carbons (Fsp3) is 0.360. The van der Waals surface area contributed by atoms with Gasteiger partial charge in [-0.3, -0.25) is 4.79 Å². The molecule has 2 amide bonds. The summed E-state index contributed by atoms with van der Waals surface area (Å²) < 4.78 is 16.3. The predicted octanol–water partition coefficient (Wildman–Crippen LogP) is 4.71. The number of thiophene rings is 1. The second-order valence-electron chi connectivity index (χ2n) is 8.07. The van der Waals surface area contributed by atoms with Gasteiger partial charge in [-0.1, -0.05) is 23.4 Å². The lowest BCUT2D eigenvalue weighted by Gasteiger charge is -2.24. The Hall–Kier alpha value is -3.84. The second-order valence-corrected chi connectivity index (χ2v) is 9.17. The highest BCUT2D eigenvalue weighted by Crippen LogP contribution is 2.38. The summed E-state index contributed by atoms with van der Waals surface area (Å²) >= 11 is 1.37. The second kappa shape index (κ2) is 11.1. The first-order valence-corrected chi connectivity index (χ1v) is 12.2. The van der Waals surface area contributed by atoms with Crippen LogP contribution in [-0.2, 0) is 28.8 Å². The van der Waals surface area contributed by atoms with Crippen LogP contribution in [0, 0.1) is 11.3 Å². The zero-order chi connectivity index (χ0) is 24.8. The maximum absolute atomic E-state index is 12.7. The van der Waals surface area contributed by atoms with Crippen molar-refractivity contribution in [2.45, 2.75) is 45.1 Å². The molecule has 182 valence electrons. The molecule has 0 radical (unpaired) electrons. The number of hydrogen-bond acceptors (Lipinski definition) is 8. The minimum absolute atomic E-state index is 0.164. The van der Waals surface area contributed by atoms with Crippen LogP contribution in [0.4, 0.5) is 15.7 Å². The summed E-state index contributed by atoms with van der Waals surface area (Å²) in [5.74, 6) is 0.910. The van der Waals surface area contributed by atoms with E-state index in [9.17, 15) is 14.9 Å². The van der Waals surface area contributed by atoms with Crippen LogP contribution in [0.25, 0.3) is 0 Å². The number of fused-ring (bicyclic) bond motifs is 1. The van der Waals surface area contributed by atoms with E-state index in [-0.39, 0.29) is 18.4 Å². The SMILES string of the molecule is CCOc1ccccc1CCC(=O)Nc1sc2c(c1C#N)CCC(OC(=O)N(C)c1ccno1)C2. The lowest BCUT2D eigenvalue weighted by Crippen LogP contribution is -2.33. The molecule has 0 spiro atoms. The first-order valence-electron chi connectivity index (χ1n) is 11.4. The normalized spacial score (nSPS) is 14.5. The van der Waals surface area contributed by atoms with E-state index in [1.54, 1.807) is 13.1 Å². The molecule has 0 aliphatic heterocycles. The highest BCUT2D eigenvalue weighted by molar-refractivity contribution is 7.16. The molecule has 1 unspecified atom stereocenters. The average molecular weight is 495 g/mol. The number of para-hydroxylation sites is 1. The molecule has 4 rings (SSSR count). The first-order chi connectivity index (χ1) is 17.0. The molecule has 1 atom stereocenters. The Morgan fingerprint density at radius 1 is 1.34 bits per heavy atom. The monoisotopic (exact) mass is 494 g/mol. The summed E-state index contributed by atoms with van der Waals surface area (Å²) in [7, 11) is 1.55. The van der Waals surface area contributed by atoms with Gasteiger partial charge in [0.1, 0.15) is 22.9 Å². The summed E-state index contributed by atoms with van der Waals surface area (Å²) in [6.45, 7) is 2.48. The number of hydrogen-bond donors (Lipinski definition) is 1. The summed E-state index contributed by atoms with van der Waals surface area (Å²) in [6.07, 6.45) is 3.07. The van der Waals surface area contributed by atoms with E-state index >= 15 is 0 Å². The molecule has 10 heteroatoms. The van der Waals surface area contributed by atoms with Crippen molar-refractivity contribution in [1.29, 1.82) is 5.26 Å². The number of aryl methyl sites for hydroxylation is 1. The summed E-state index contributed by atoms with van der Waals surface area (Å²) in [6, 6.07) is 11.5. The minimum atomic E-state index is -0.534. The van der Waals surface area contributed by atoms with Gasteiger partial charge in [0, 0.05) is 30.8 Å². The van der Waals surface area contributed by atoms with E-state index in [1.165, 1.54) is 22.4 Å². The van der Waals surface area contributed by atoms with Gasteiger partial charge < -0.3 is 19.3 Å². The molecule has 1 N–H and O–H groups in total. The van der Waals surface area contributed by atoms with Gasteiger partial charge in [0.25, 0.3) is 0 Å². The highest BCUT2D eigenvalue weighted by Gasteiger charge is 2.29. The van der Waals surface area contributed by atoms with Crippen LogP contribution >= 0.6 is 11.3 Å². The number of carbonyl (C=O) groups is 2. The molecular formula is C25H26N4O5S. The van der Waals surface area contributed by atoms with Crippen LogP contribution in [0.5, 0.6) is 5.75 Å². The van der Waals surface area contributed by atoms with Crippen LogP contribution in [0.15, 0.2) is 41.1 Å². The van der Waals surface area contributed by atoms with Crippen molar-refractivity contribution in [3.8, 4) is 11.8 Å². The Kier molecular flexibility index (Phi) is 7.67. The van der Waals surface area contributed by atoms with Crippen LogP contribution in [0.2, 0.25) is 0 Å². The molecule has 1 aliphatic rings. The number of amides is 2. The Morgan fingerprint density at radius 2 is 2.17 bits per heavy atom. The fourth-order valence-electron chi connectivity index (χ4n) is 4.00. The largest absolute Gasteiger partial charge is 0.494 e. The topological polar surface area (TPSA) is 118 Å². The van der Waals surface area contributed by atoms with E-state index in [0.29, 0.717) is 48.7 Å². The van der Waals surface area contributed by atoms with Gasteiger partial charge >= 0.3 is 6.09 Å². The smallest absolute Gasteiger partial charge is 0.416 e. The number of ether oxygens (including phenoxy) is 2. The average Bonchev–Trinajstić information content (AvgIpc) is 3.50. The quantitative estimate of drug-likeness (QED) is 0.482. The molecule has 1 aromatic carbocycles. The minimum Gasteiger partial charge on any atom is -0.494 e. The van der Waals surface area contributed by atoms with E-state index in [4.69, 9.17) is 14.0 Å². The van der Waals surface area contributed by atoms with Crippen molar-refractivity contribution in [1.82, 2.24) is 5.16 Å². The third-order valence-electron chi connectivity index (χ3n) is 5.77. The van der Waals surface area contributed by atoms with Crippen LogP contribution in [0.3, 0.4) is 0 Å². The highest BCUT2D eigenvalue weighted by atomic mass is 32.1. The number of nitrogens with one attached hydrogen (secondary N) is 1. The van der Waals surface area contributed by atoms with Crippen molar-refractivity contribution >= 4 is 34.2 Å². The van der Waals surface area contributed by atoms with Crippen molar-refractivity contribution in [3.63, 3.8) is 0 Å². The van der Waals surface area contributed by atoms with Crippen molar-refractivity contribution in [2.24, 2.45) is 0 Å². The van der Waals surface area contributed by atoms with Gasteiger partial charge in [-0.05, 0) is 43.4 Å². The summed E-state index contributed by atoms with van der Waals surface area (Å²) in [4.78, 5) is 27.3. The lowest BCUT2D eigenvalue weighted by atomic mass is 9.94. The number of rotatable bonds is 8. The Bertz CT molecular complexity index is 1230. The van der Waals surface area contributed by atoms with Crippen molar-refractivity contribution < 1.29 is 23.6 Å². The summed E-state index contributed by atoms with van der Waals surface area (Å²) in [5.41, 5.74) is 2.39. The maximum Gasteiger partial charge on any atom is 0.416 e. The Balaban J connectivity index is 1.38. The number of anilines is 2. The van der Waals surface area contributed by atoms with Gasteiger partial charge in [-0.25, -0.2) is 9.69 Å². The van der Waals surface area contributed by atoms with Crippen LogP contribution in [-0.4, -0.2) is 36.9 Å². The third kappa shape index (κ3) is 5.63. The van der Waals surface area contributed by atoms with Crippen molar-refractivity contribution in [2.75, 3.05) is 23.9 Å². The third-order valence-corrected chi connectivity index (χ3v) is 6.94. The van der Waals surface area contributed by atoms with Gasteiger partial charge in [0.15, 0.2) is 0 Å². The number of nitrogens with zero attached hydrogens (tertiary/aromatic N) is 3. The predicted molar refractivity (Wildman–Crippen MR) is 131 cm³/mol. The standard InChI is InChI=1S/C25H26N4O5S/c1-3-32-20-7-5-4-6-16(20)8-11-22(30)28-24-19(15-26)18-10-9-17(14-21(18)35-24)33-25(31)29(2)23-12-13-27-34-23/h4-7,12-13,17H,3,8-11,14H2,1-2H3,(H,28,30). The Morgan fingerprint density at radius 3 is 2.91 bits per heavy atom. The van der Waals surface area contributed by atoms with E-state index in [0.717, 1.165) is 21.8 Å². The number of aromatic nitrogens is 1. The lowest BCUT2D eigenvalue weighted by molar-refractivity contribution is -0.116. The van der Waals surface area contributed by atoms with Gasteiger partial charge in [0.05, 0.1) is 18.4 Å². The number of benzene rings is 1. The zero-order valence-electron chi connectivity index (χ0n) is 19.6. The Labute approximate surface area is 207 Å². The molecule has 0 fully saturated rings. The molecule has 2 heterocycles. The van der Waals surface area contributed by atoms with Crippen LogP contribution < -0.4 is 15.0 Å². The maximum atomic E-state index is 12.7. The van der Waals surface area contributed by atoms with Crippen LogP contribution in [0.1, 0.15) is 41.3 Å². The first kappa shape index (κ1) is 24.3. The molecule has 35 heavy (non-hydrogen) atoms. The van der Waals surface area contributed by atoms with Gasteiger partial charge in [-0.15, -0.1) is 11.3 Å². The molecule has 2 aromatic heterocycles. The van der Waals surface area contributed by atoms with Crippen molar-refractivity contribution in [3.05, 3.63) is 58.1 Å². The van der Waals surface area contributed by atoms with E-state index in [1.807, 2.05) is 31.2 Å². The van der Waals surface area contributed by atoms with Gasteiger partial charge in [0.2, 0.25) is 11.8 Å². The van der Waals surface area contributed by atoms with E-state index in [2.05, 4.69) is 16.5 Å². The summed E-state index contributed by atoms with van der Waals surface area (Å²) in [5, 5.41) is 16.8. The molecule has 1 aliphatic carbocycles. The number of nitriles is 1. The zero-order valence-corrected chi connectivity index (χ0v) is 20.4. The number of carbonyl (C=O) groups excluding carboxylic acids is 2. The fourth-order valence-corrected chi connectivity index (χ4v) is 5.28. The molecule has 9 nitrogen and oxygen atoms in total. The van der Waals surface area contributed by atoms with E-state index < -0.39 is 6.09 Å².